The van der Waals surface area contributed by atoms with Crippen LogP contribution < -0.4 is 20.7 Å². The largest absolute Gasteiger partial charge is 0.497 e. The van der Waals surface area contributed by atoms with E-state index in [1.807, 2.05) is 31.2 Å². The second-order valence-electron chi connectivity index (χ2n) is 7.59. The Hall–Kier alpha value is -4.21. The Balaban J connectivity index is 1.39. The second-order valence-corrected chi connectivity index (χ2v) is 7.59. The second kappa shape index (κ2) is 9.51. The molecule has 1 aromatic heterocycles. The summed E-state index contributed by atoms with van der Waals surface area (Å²) in [5.74, 6) is -0.141. The molecule has 1 unspecified atom stereocenters. The van der Waals surface area contributed by atoms with Crippen molar-refractivity contribution >= 4 is 35.1 Å². The van der Waals surface area contributed by atoms with Crippen molar-refractivity contribution in [2.45, 2.75) is 20.0 Å². The van der Waals surface area contributed by atoms with Crippen molar-refractivity contribution in [3.8, 4) is 5.75 Å². The van der Waals surface area contributed by atoms with Crippen molar-refractivity contribution in [1.29, 1.82) is 0 Å². The molecule has 0 spiro atoms. The average Bonchev–Trinajstić information content (AvgIpc) is 3.20. The highest BCUT2D eigenvalue weighted by atomic mass is 16.5. The van der Waals surface area contributed by atoms with Gasteiger partial charge in [-0.3, -0.25) is 9.59 Å². The molecule has 10 nitrogen and oxygen atoms in total. The number of nitrogens with two attached hydrogens (primary N) is 1. The number of amides is 1. The number of hydrogen-bond donors (Lipinski definition) is 2. The van der Waals surface area contributed by atoms with Crippen molar-refractivity contribution < 1.29 is 19.1 Å². The molecule has 1 amide bonds. The summed E-state index contributed by atoms with van der Waals surface area (Å²) in [6.07, 6.45) is 0.0650. The summed E-state index contributed by atoms with van der Waals surface area (Å²) >= 11 is 0. The number of nitrogens with one attached hydrogen (secondary N) is 1. The number of para-hydroxylation sites is 1. The lowest BCUT2D eigenvalue weighted by Crippen LogP contribution is -2.26. The molecule has 1 aliphatic heterocycles. The van der Waals surface area contributed by atoms with Crippen LogP contribution in [0.2, 0.25) is 0 Å². The van der Waals surface area contributed by atoms with Crippen molar-refractivity contribution in [1.82, 2.24) is 15.0 Å². The summed E-state index contributed by atoms with van der Waals surface area (Å²) in [7, 11) is 1.56. The fourth-order valence-corrected chi connectivity index (χ4v) is 3.54. The third-order valence-corrected chi connectivity index (χ3v) is 5.26. The monoisotopic (exact) mass is 448 g/mol. The van der Waals surface area contributed by atoms with Crippen LogP contribution in [0.15, 0.2) is 48.5 Å². The number of anilines is 4. The highest BCUT2D eigenvalue weighted by Gasteiger charge is 2.36. The van der Waals surface area contributed by atoms with Crippen LogP contribution in [0, 0.1) is 12.8 Å². The van der Waals surface area contributed by atoms with E-state index in [-0.39, 0.29) is 43.2 Å². The predicted octanol–water partition coefficient (Wildman–Crippen LogP) is 2.61. The maximum Gasteiger partial charge on any atom is 0.311 e. The van der Waals surface area contributed by atoms with E-state index in [9.17, 15) is 9.59 Å². The van der Waals surface area contributed by atoms with Crippen LogP contribution in [0.25, 0.3) is 0 Å². The molecule has 33 heavy (non-hydrogen) atoms. The zero-order chi connectivity index (χ0) is 23.4. The molecule has 3 N–H and O–H groups in total. The Labute approximate surface area is 190 Å². The number of ether oxygens (including phenoxy) is 2. The number of methoxy groups -OCH3 is 1. The summed E-state index contributed by atoms with van der Waals surface area (Å²) in [4.78, 5) is 39.1. The van der Waals surface area contributed by atoms with Gasteiger partial charge in [-0.25, -0.2) is 0 Å². The predicted molar refractivity (Wildman–Crippen MR) is 122 cm³/mol. The molecule has 4 rings (SSSR count). The fourth-order valence-electron chi connectivity index (χ4n) is 3.54. The van der Waals surface area contributed by atoms with Crippen molar-refractivity contribution in [3.63, 3.8) is 0 Å². The van der Waals surface area contributed by atoms with Crippen LogP contribution in [-0.2, 0) is 20.9 Å². The molecule has 0 radical (unpaired) electrons. The van der Waals surface area contributed by atoms with Crippen LogP contribution in [0.3, 0.4) is 0 Å². The number of benzene rings is 2. The van der Waals surface area contributed by atoms with Gasteiger partial charge in [-0.1, -0.05) is 24.3 Å². The fraction of sp³-hybridized carbons (Fsp3) is 0.261. The van der Waals surface area contributed by atoms with Crippen LogP contribution >= 0.6 is 0 Å². The number of aromatic nitrogens is 3. The zero-order valence-corrected chi connectivity index (χ0v) is 18.3. The standard InChI is InChI=1S/C23H24N6O4/c1-14-6-3-4-9-18(14)25-23-27-19(26-22(24)28-23)13-33-21(31)15-10-20(30)29(12-15)16-7-5-8-17(11-16)32-2/h3-9,11,15H,10,12-13H2,1-2H3,(H3,24,25,26,27,28). The highest BCUT2D eigenvalue weighted by Crippen LogP contribution is 2.28. The average molecular weight is 448 g/mol. The Kier molecular flexibility index (Phi) is 6.34. The highest BCUT2D eigenvalue weighted by molar-refractivity contribution is 5.99. The first-order chi connectivity index (χ1) is 15.9. The van der Waals surface area contributed by atoms with E-state index >= 15 is 0 Å². The molecular formula is C23H24N6O4. The van der Waals surface area contributed by atoms with Gasteiger partial charge in [0.15, 0.2) is 12.4 Å². The van der Waals surface area contributed by atoms with Crippen LogP contribution in [-0.4, -0.2) is 40.5 Å². The molecule has 0 bridgehead atoms. The van der Waals surface area contributed by atoms with Gasteiger partial charge in [-0.15, -0.1) is 0 Å². The SMILES string of the molecule is COc1cccc(N2CC(C(=O)OCc3nc(N)nc(Nc4ccccc4C)n3)CC2=O)c1. The summed E-state index contributed by atoms with van der Waals surface area (Å²) in [6.45, 7) is 2.00. The molecule has 10 heteroatoms. The molecule has 0 aliphatic carbocycles. The molecule has 170 valence electrons. The molecule has 0 saturated carbocycles. The molecule has 3 aromatic rings. The van der Waals surface area contributed by atoms with Gasteiger partial charge in [-0.05, 0) is 30.7 Å². The topological polar surface area (TPSA) is 133 Å². The first kappa shape index (κ1) is 22.0. The summed E-state index contributed by atoms with van der Waals surface area (Å²) in [5.41, 5.74) is 8.31. The smallest absolute Gasteiger partial charge is 0.311 e. The van der Waals surface area contributed by atoms with Crippen LogP contribution in [0.1, 0.15) is 17.8 Å². The van der Waals surface area contributed by atoms with E-state index in [0.717, 1.165) is 11.3 Å². The minimum atomic E-state index is -0.590. The molecule has 1 saturated heterocycles. The lowest BCUT2D eigenvalue weighted by Gasteiger charge is -2.17. The molecule has 2 heterocycles. The van der Waals surface area contributed by atoms with Gasteiger partial charge in [0, 0.05) is 30.4 Å². The van der Waals surface area contributed by atoms with Gasteiger partial charge in [0.1, 0.15) is 5.75 Å². The quantitative estimate of drug-likeness (QED) is 0.523. The number of esters is 1. The summed E-state index contributed by atoms with van der Waals surface area (Å²) in [6, 6.07) is 14.8. The normalized spacial score (nSPS) is 15.4. The first-order valence-electron chi connectivity index (χ1n) is 10.4. The number of nitrogens with zero attached hydrogens (tertiary/aromatic N) is 4. The molecule has 2 aromatic carbocycles. The Morgan fingerprint density at radius 3 is 2.79 bits per heavy atom. The summed E-state index contributed by atoms with van der Waals surface area (Å²) in [5, 5.41) is 3.09. The number of aryl methyl sites for hydroxylation is 1. The van der Waals surface area contributed by atoms with Crippen molar-refractivity contribution in [2.24, 2.45) is 5.92 Å². The lowest BCUT2D eigenvalue weighted by atomic mass is 10.1. The summed E-state index contributed by atoms with van der Waals surface area (Å²) < 4.78 is 10.6. The maximum atomic E-state index is 12.6. The number of nitrogen functional groups attached to an aromatic ring is 1. The van der Waals surface area contributed by atoms with Crippen LogP contribution in [0.5, 0.6) is 5.75 Å². The maximum absolute atomic E-state index is 12.6. The van der Waals surface area contributed by atoms with Crippen LogP contribution in [0.4, 0.5) is 23.3 Å². The minimum Gasteiger partial charge on any atom is -0.497 e. The van der Waals surface area contributed by atoms with Gasteiger partial charge in [-0.2, -0.15) is 15.0 Å². The van der Waals surface area contributed by atoms with Gasteiger partial charge in [0.2, 0.25) is 17.8 Å². The Morgan fingerprint density at radius 2 is 2.00 bits per heavy atom. The van der Waals surface area contributed by atoms with E-state index in [0.29, 0.717) is 11.4 Å². The van der Waals surface area contributed by atoms with Crippen molar-refractivity contribution in [3.05, 3.63) is 59.9 Å². The molecule has 1 atom stereocenters. The van der Waals surface area contributed by atoms with Crippen molar-refractivity contribution in [2.75, 3.05) is 29.6 Å². The molecule has 1 fully saturated rings. The van der Waals surface area contributed by atoms with E-state index < -0.39 is 11.9 Å². The van der Waals surface area contributed by atoms with E-state index in [4.69, 9.17) is 15.2 Å². The first-order valence-corrected chi connectivity index (χ1v) is 10.4. The van der Waals surface area contributed by atoms with Gasteiger partial charge in [0.05, 0.1) is 13.0 Å². The van der Waals surface area contributed by atoms with Gasteiger partial charge >= 0.3 is 5.97 Å². The third kappa shape index (κ3) is 5.17. The van der Waals surface area contributed by atoms with E-state index in [1.165, 1.54) is 0 Å². The number of carbonyl (C=O) groups is 2. The van der Waals surface area contributed by atoms with E-state index in [1.54, 1.807) is 36.3 Å². The minimum absolute atomic E-state index is 0.00683. The van der Waals surface area contributed by atoms with Gasteiger partial charge < -0.3 is 25.4 Å². The Bertz CT molecular complexity index is 1190. The number of carbonyl (C=O) groups excluding carboxylic acids is 2. The lowest BCUT2D eigenvalue weighted by molar-refractivity contribution is -0.149. The number of hydrogen-bond acceptors (Lipinski definition) is 9. The van der Waals surface area contributed by atoms with E-state index in [2.05, 4.69) is 20.3 Å². The Morgan fingerprint density at radius 1 is 1.18 bits per heavy atom. The van der Waals surface area contributed by atoms with Gasteiger partial charge in [0.25, 0.3) is 0 Å². The molecule has 1 aliphatic rings. The third-order valence-electron chi connectivity index (χ3n) is 5.26. The zero-order valence-electron chi connectivity index (χ0n) is 18.3. The molecular weight excluding hydrogens is 424 g/mol. The number of rotatable bonds is 7.